The first-order valence-corrected chi connectivity index (χ1v) is 5.00. The van der Waals surface area contributed by atoms with E-state index in [1.165, 1.54) is 0 Å². The molecule has 0 spiro atoms. The molecule has 1 fully saturated rings. The van der Waals surface area contributed by atoms with Crippen LogP contribution in [0.25, 0.3) is 0 Å². The third kappa shape index (κ3) is 1.50. The lowest BCUT2D eigenvalue weighted by Crippen LogP contribution is -2.53. The second-order valence-corrected chi connectivity index (χ2v) is 5.22. The van der Waals surface area contributed by atoms with Crippen LogP contribution in [0.2, 0.25) is 0 Å². The van der Waals surface area contributed by atoms with Crippen molar-refractivity contribution < 1.29 is 5.11 Å². The van der Waals surface area contributed by atoms with E-state index >= 15 is 0 Å². The standard InChI is InChI=1S/C12H17NO/c1-11(2)7-12(13,8-11)9-4-3-5-10(14)6-9/h3-6,14H,7-8,13H2,1-2H3. The van der Waals surface area contributed by atoms with Gasteiger partial charge in [-0.3, -0.25) is 0 Å². The number of benzene rings is 1. The number of hydrogen-bond donors (Lipinski definition) is 2. The summed E-state index contributed by atoms with van der Waals surface area (Å²) in [5.41, 5.74) is 7.44. The van der Waals surface area contributed by atoms with Gasteiger partial charge in [-0.2, -0.15) is 0 Å². The van der Waals surface area contributed by atoms with E-state index in [2.05, 4.69) is 13.8 Å². The van der Waals surface area contributed by atoms with Crippen molar-refractivity contribution in [2.45, 2.75) is 32.2 Å². The summed E-state index contributed by atoms with van der Waals surface area (Å²) in [6.07, 6.45) is 1.98. The van der Waals surface area contributed by atoms with Gasteiger partial charge in [0, 0.05) is 5.54 Å². The van der Waals surface area contributed by atoms with Gasteiger partial charge in [-0.25, -0.2) is 0 Å². The van der Waals surface area contributed by atoms with Crippen molar-refractivity contribution in [2.24, 2.45) is 11.1 Å². The molecule has 76 valence electrons. The summed E-state index contributed by atoms with van der Waals surface area (Å²) in [6, 6.07) is 7.30. The zero-order valence-corrected chi connectivity index (χ0v) is 8.75. The minimum absolute atomic E-state index is 0.220. The maximum Gasteiger partial charge on any atom is 0.115 e. The van der Waals surface area contributed by atoms with E-state index in [1.54, 1.807) is 12.1 Å². The number of phenolic OH excluding ortho intramolecular Hbond substituents is 1. The van der Waals surface area contributed by atoms with Crippen molar-refractivity contribution in [2.75, 3.05) is 0 Å². The minimum atomic E-state index is -0.220. The molecule has 2 rings (SSSR count). The van der Waals surface area contributed by atoms with Crippen molar-refractivity contribution in [1.82, 2.24) is 0 Å². The van der Waals surface area contributed by atoms with Gasteiger partial charge in [0.1, 0.15) is 5.75 Å². The second kappa shape index (κ2) is 2.74. The van der Waals surface area contributed by atoms with Crippen LogP contribution < -0.4 is 5.73 Å². The van der Waals surface area contributed by atoms with E-state index in [0.29, 0.717) is 11.2 Å². The summed E-state index contributed by atoms with van der Waals surface area (Å²) in [5.74, 6) is 0.303. The summed E-state index contributed by atoms with van der Waals surface area (Å²) >= 11 is 0. The molecule has 0 unspecified atom stereocenters. The predicted molar refractivity (Wildman–Crippen MR) is 57.0 cm³/mol. The van der Waals surface area contributed by atoms with Gasteiger partial charge in [0.05, 0.1) is 0 Å². The number of nitrogens with two attached hydrogens (primary N) is 1. The monoisotopic (exact) mass is 191 g/mol. The number of rotatable bonds is 1. The topological polar surface area (TPSA) is 46.2 Å². The van der Waals surface area contributed by atoms with Crippen LogP contribution in [0.4, 0.5) is 0 Å². The van der Waals surface area contributed by atoms with Gasteiger partial charge in [-0.05, 0) is 36.0 Å². The average molecular weight is 191 g/mol. The van der Waals surface area contributed by atoms with Crippen LogP contribution in [-0.4, -0.2) is 5.11 Å². The molecule has 2 nitrogen and oxygen atoms in total. The fourth-order valence-corrected chi connectivity index (χ4v) is 2.68. The highest BCUT2D eigenvalue weighted by Crippen LogP contribution is 2.52. The Bertz CT molecular complexity index is 349. The Morgan fingerprint density at radius 2 is 1.93 bits per heavy atom. The van der Waals surface area contributed by atoms with Crippen molar-refractivity contribution in [1.29, 1.82) is 0 Å². The molecule has 3 N–H and O–H groups in total. The van der Waals surface area contributed by atoms with Gasteiger partial charge in [-0.15, -0.1) is 0 Å². The third-order valence-electron chi connectivity index (χ3n) is 3.01. The molecule has 0 radical (unpaired) electrons. The lowest BCUT2D eigenvalue weighted by molar-refractivity contribution is 0.0617. The Kier molecular flexibility index (Phi) is 1.86. The van der Waals surface area contributed by atoms with Crippen LogP contribution in [-0.2, 0) is 5.54 Å². The third-order valence-corrected chi connectivity index (χ3v) is 3.01. The molecule has 1 saturated carbocycles. The molecule has 1 aromatic rings. The highest BCUT2D eigenvalue weighted by Gasteiger charge is 2.47. The maximum atomic E-state index is 9.37. The number of hydrogen-bond acceptors (Lipinski definition) is 2. The predicted octanol–water partition coefficient (Wildman–Crippen LogP) is 2.37. The molecule has 0 aliphatic heterocycles. The van der Waals surface area contributed by atoms with E-state index in [0.717, 1.165) is 18.4 Å². The molecule has 0 amide bonds. The summed E-state index contributed by atoms with van der Waals surface area (Å²) in [4.78, 5) is 0. The molecular weight excluding hydrogens is 174 g/mol. The van der Waals surface area contributed by atoms with E-state index < -0.39 is 0 Å². The van der Waals surface area contributed by atoms with Gasteiger partial charge < -0.3 is 10.8 Å². The second-order valence-electron chi connectivity index (χ2n) is 5.22. The minimum Gasteiger partial charge on any atom is -0.508 e. The van der Waals surface area contributed by atoms with Gasteiger partial charge in [0.15, 0.2) is 0 Å². The van der Waals surface area contributed by atoms with Crippen molar-refractivity contribution in [3.8, 4) is 5.75 Å². The smallest absolute Gasteiger partial charge is 0.115 e. The molecule has 0 aromatic heterocycles. The van der Waals surface area contributed by atoms with Crippen LogP contribution in [0.5, 0.6) is 5.75 Å². The Morgan fingerprint density at radius 1 is 1.29 bits per heavy atom. The summed E-state index contributed by atoms with van der Waals surface area (Å²) < 4.78 is 0. The lowest BCUT2D eigenvalue weighted by Gasteiger charge is -2.51. The Balaban J connectivity index is 2.25. The fourth-order valence-electron chi connectivity index (χ4n) is 2.68. The normalized spacial score (nSPS) is 22.8. The SMILES string of the molecule is CC1(C)CC(N)(c2cccc(O)c2)C1. The molecule has 14 heavy (non-hydrogen) atoms. The highest BCUT2D eigenvalue weighted by molar-refractivity contribution is 5.34. The molecule has 1 aliphatic carbocycles. The zero-order chi connectivity index (χ0) is 10.4. The van der Waals surface area contributed by atoms with E-state index in [9.17, 15) is 5.11 Å². The number of aromatic hydroxyl groups is 1. The van der Waals surface area contributed by atoms with Crippen molar-refractivity contribution in [3.63, 3.8) is 0 Å². The van der Waals surface area contributed by atoms with E-state index in [-0.39, 0.29) is 5.54 Å². The van der Waals surface area contributed by atoms with Crippen LogP contribution in [0.15, 0.2) is 24.3 Å². The first-order valence-electron chi connectivity index (χ1n) is 5.00. The van der Waals surface area contributed by atoms with Crippen LogP contribution in [0.3, 0.4) is 0 Å². The quantitative estimate of drug-likeness (QED) is 0.715. The summed E-state index contributed by atoms with van der Waals surface area (Å²) in [6.45, 7) is 4.45. The van der Waals surface area contributed by atoms with Gasteiger partial charge in [0.25, 0.3) is 0 Å². The largest absolute Gasteiger partial charge is 0.508 e. The van der Waals surface area contributed by atoms with Crippen LogP contribution in [0.1, 0.15) is 32.3 Å². The van der Waals surface area contributed by atoms with E-state index in [1.807, 2.05) is 12.1 Å². The van der Waals surface area contributed by atoms with Gasteiger partial charge in [-0.1, -0.05) is 26.0 Å². The molecule has 0 saturated heterocycles. The fraction of sp³-hybridized carbons (Fsp3) is 0.500. The van der Waals surface area contributed by atoms with Gasteiger partial charge in [0.2, 0.25) is 0 Å². The maximum absolute atomic E-state index is 9.37. The number of phenols is 1. The highest BCUT2D eigenvalue weighted by atomic mass is 16.3. The molecule has 0 heterocycles. The summed E-state index contributed by atoms with van der Waals surface area (Å²) in [5, 5.41) is 9.37. The van der Waals surface area contributed by atoms with Crippen LogP contribution >= 0.6 is 0 Å². The Hall–Kier alpha value is -1.02. The Labute approximate surface area is 84.7 Å². The lowest BCUT2D eigenvalue weighted by atomic mass is 9.57. The molecular formula is C12H17NO. The first kappa shape index (κ1) is 9.53. The molecule has 0 atom stereocenters. The first-order chi connectivity index (χ1) is 6.41. The zero-order valence-electron chi connectivity index (χ0n) is 8.75. The van der Waals surface area contributed by atoms with Crippen molar-refractivity contribution >= 4 is 0 Å². The molecule has 0 bridgehead atoms. The molecule has 2 heteroatoms. The van der Waals surface area contributed by atoms with E-state index in [4.69, 9.17) is 5.73 Å². The van der Waals surface area contributed by atoms with Crippen molar-refractivity contribution in [3.05, 3.63) is 29.8 Å². The molecule has 1 aromatic carbocycles. The average Bonchev–Trinajstić information content (AvgIpc) is 2.00. The molecule has 1 aliphatic rings. The van der Waals surface area contributed by atoms with Crippen LogP contribution in [0, 0.1) is 5.41 Å². The summed E-state index contributed by atoms with van der Waals surface area (Å²) in [7, 11) is 0. The Morgan fingerprint density at radius 3 is 2.43 bits per heavy atom. The van der Waals surface area contributed by atoms with Gasteiger partial charge >= 0.3 is 0 Å².